The summed E-state index contributed by atoms with van der Waals surface area (Å²) in [5.74, 6) is -0.407. The Bertz CT molecular complexity index is 285. The maximum atomic E-state index is 11.5. The summed E-state index contributed by atoms with van der Waals surface area (Å²) in [7, 11) is 0. The average Bonchev–Trinajstić information content (AvgIpc) is 2.13. The van der Waals surface area contributed by atoms with Crippen LogP contribution in [-0.2, 0) is 17.1 Å². The summed E-state index contributed by atoms with van der Waals surface area (Å²) in [6.07, 6.45) is 2.35. The van der Waals surface area contributed by atoms with Crippen LogP contribution in [-0.4, -0.2) is 50.3 Å². The van der Waals surface area contributed by atoms with Crippen LogP contribution in [0.2, 0.25) is 19.8 Å². The number of hydrogen-bond donors (Lipinski definition) is 0. The van der Waals surface area contributed by atoms with E-state index in [2.05, 4.69) is 0 Å². The standard InChI is InChI=1S/2C4H8O2.4CH3.O.2Sn/c2*1-2-3-4(5)6;;;;;;;/h2*2-3H2,1H3,(H,5,6);4*1H3;;;/q;;;;;;;2*+1/p-2. The molecule has 0 N–H and O–H groups in total. The van der Waals surface area contributed by atoms with Crippen LogP contribution in [0.5, 0.6) is 0 Å². The molecule has 0 aliphatic heterocycles. The Hall–Kier alpha value is 0.497. The van der Waals surface area contributed by atoms with Crippen molar-refractivity contribution in [1.29, 1.82) is 0 Å². The molecule has 0 saturated heterocycles. The maximum absolute atomic E-state index is 11.5. The molecule has 0 aromatic heterocycles. The second-order valence-electron chi connectivity index (χ2n) is 5.35. The van der Waals surface area contributed by atoms with E-state index in [0.29, 0.717) is 12.8 Å². The molecule has 5 nitrogen and oxygen atoms in total. The Kier molecular flexibility index (Phi) is 8.94. The Morgan fingerprint density at radius 2 is 1.11 bits per heavy atom. The van der Waals surface area contributed by atoms with Crippen LogP contribution in [0.15, 0.2) is 0 Å². The fourth-order valence-corrected chi connectivity index (χ4v) is 33.3. The second kappa shape index (κ2) is 8.71. The molecule has 19 heavy (non-hydrogen) atoms. The van der Waals surface area contributed by atoms with Crippen LogP contribution in [0, 0.1) is 0 Å². The molecule has 0 heterocycles. The molecule has 0 spiro atoms. The van der Waals surface area contributed by atoms with Gasteiger partial charge in [-0.05, 0) is 0 Å². The second-order valence-corrected chi connectivity index (χ2v) is 27.0. The van der Waals surface area contributed by atoms with Crippen molar-refractivity contribution in [3.8, 4) is 0 Å². The van der Waals surface area contributed by atoms with E-state index in [4.69, 9.17) is 7.56 Å². The Labute approximate surface area is 126 Å². The Morgan fingerprint density at radius 1 is 0.789 bits per heavy atom. The first kappa shape index (κ1) is 19.5. The third-order valence-electron chi connectivity index (χ3n) is 2.12. The SMILES string of the molecule is CCCC(=O)[O][Sn]([CH3])([CH3])[O][Sn]([CH3])([CH3])[O]C(=O)CCC. The molecule has 0 fully saturated rings. The normalized spacial score (nSPS) is 12.1. The van der Waals surface area contributed by atoms with E-state index in [9.17, 15) is 9.59 Å². The van der Waals surface area contributed by atoms with Crippen molar-refractivity contribution in [3.63, 3.8) is 0 Å². The summed E-state index contributed by atoms with van der Waals surface area (Å²) in [5.41, 5.74) is 0. The van der Waals surface area contributed by atoms with Gasteiger partial charge in [0.1, 0.15) is 0 Å². The van der Waals surface area contributed by atoms with E-state index in [1.54, 1.807) is 0 Å². The molecular formula is C12H26O5Sn2. The van der Waals surface area contributed by atoms with Gasteiger partial charge in [-0.1, -0.05) is 0 Å². The zero-order chi connectivity index (χ0) is 15.1. The van der Waals surface area contributed by atoms with Crippen LogP contribution in [0.4, 0.5) is 0 Å². The van der Waals surface area contributed by atoms with E-state index in [-0.39, 0.29) is 11.9 Å². The van der Waals surface area contributed by atoms with Crippen molar-refractivity contribution in [1.82, 2.24) is 0 Å². The van der Waals surface area contributed by atoms with Crippen LogP contribution < -0.4 is 0 Å². The van der Waals surface area contributed by atoms with Crippen molar-refractivity contribution in [2.75, 3.05) is 0 Å². The van der Waals surface area contributed by atoms with Gasteiger partial charge < -0.3 is 0 Å². The van der Waals surface area contributed by atoms with E-state index < -0.39 is 38.4 Å². The van der Waals surface area contributed by atoms with Gasteiger partial charge in [-0.15, -0.1) is 0 Å². The van der Waals surface area contributed by atoms with Crippen molar-refractivity contribution in [2.24, 2.45) is 0 Å². The van der Waals surface area contributed by atoms with Crippen LogP contribution in [0.25, 0.3) is 0 Å². The first-order valence-corrected chi connectivity index (χ1v) is 22.8. The zero-order valence-electron chi connectivity index (χ0n) is 12.9. The van der Waals surface area contributed by atoms with Crippen molar-refractivity contribution in [2.45, 2.75) is 59.3 Å². The van der Waals surface area contributed by atoms with Crippen LogP contribution in [0.1, 0.15) is 39.5 Å². The van der Waals surface area contributed by atoms with Gasteiger partial charge in [0, 0.05) is 0 Å². The predicted molar refractivity (Wildman–Crippen MR) is 78.0 cm³/mol. The van der Waals surface area contributed by atoms with Gasteiger partial charge in [-0.25, -0.2) is 0 Å². The van der Waals surface area contributed by atoms with E-state index in [1.807, 2.05) is 33.6 Å². The fourth-order valence-electron chi connectivity index (χ4n) is 1.69. The molecule has 0 bridgehead atoms. The Balaban J connectivity index is 4.44. The van der Waals surface area contributed by atoms with E-state index in [1.165, 1.54) is 0 Å². The molecule has 0 amide bonds. The molecule has 0 radical (unpaired) electrons. The van der Waals surface area contributed by atoms with Gasteiger partial charge in [0.2, 0.25) is 0 Å². The van der Waals surface area contributed by atoms with Gasteiger partial charge in [-0.3, -0.25) is 0 Å². The first-order chi connectivity index (χ1) is 8.62. The first-order valence-electron chi connectivity index (χ1n) is 6.75. The van der Waals surface area contributed by atoms with E-state index in [0.717, 1.165) is 12.8 Å². The molecule has 0 aliphatic rings. The third-order valence-corrected chi connectivity index (χ3v) is 27.9. The number of rotatable bonds is 8. The minimum atomic E-state index is -3.34. The fraction of sp³-hybridized carbons (Fsp3) is 0.833. The molecule has 0 aromatic carbocycles. The Morgan fingerprint density at radius 3 is 1.37 bits per heavy atom. The summed E-state index contributed by atoms with van der Waals surface area (Å²) in [5, 5.41) is 0. The van der Waals surface area contributed by atoms with Crippen LogP contribution in [0.3, 0.4) is 0 Å². The quantitative estimate of drug-likeness (QED) is 0.493. The molecular weight excluding hydrogens is 462 g/mol. The van der Waals surface area contributed by atoms with E-state index >= 15 is 0 Å². The molecule has 0 atom stereocenters. The number of carbonyl (C=O) groups is 2. The van der Waals surface area contributed by atoms with Gasteiger partial charge >= 0.3 is 127 Å². The summed E-state index contributed by atoms with van der Waals surface area (Å²) in [6, 6.07) is 0. The predicted octanol–water partition coefficient (Wildman–Crippen LogP) is 3.09. The summed E-state index contributed by atoms with van der Waals surface area (Å²) < 4.78 is 16.9. The molecule has 0 unspecified atom stereocenters. The van der Waals surface area contributed by atoms with Crippen molar-refractivity contribution in [3.05, 3.63) is 0 Å². The average molecular weight is 488 g/mol. The van der Waals surface area contributed by atoms with Gasteiger partial charge in [0.05, 0.1) is 0 Å². The number of carbonyl (C=O) groups excluding carboxylic acids is 2. The van der Waals surface area contributed by atoms with Crippen molar-refractivity contribution < 1.29 is 17.1 Å². The topological polar surface area (TPSA) is 61.8 Å². The summed E-state index contributed by atoms with van der Waals surface area (Å²) in [4.78, 5) is 30.6. The van der Waals surface area contributed by atoms with Gasteiger partial charge in [-0.2, -0.15) is 0 Å². The summed E-state index contributed by atoms with van der Waals surface area (Å²) >= 11 is -6.68. The minimum absolute atomic E-state index is 0.203. The molecule has 0 rings (SSSR count). The molecule has 0 aromatic rings. The molecule has 7 heteroatoms. The summed E-state index contributed by atoms with van der Waals surface area (Å²) in [6.45, 7) is 3.86. The molecule has 0 saturated carbocycles. The van der Waals surface area contributed by atoms with Gasteiger partial charge in [0.15, 0.2) is 0 Å². The zero-order valence-corrected chi connectivity index (χ0v) is 18.6. The molecule has 0 aliphatic carbocycles. The number of hydrogen-bond acceptors (Lipinski definition) is 5. The monoisotopic (exact) mass is 490 g/mol. The third kappa shape index (κ3) is 9.95. The molecule has 112 valence electrons. The van der Waals surface area contributed by atoms with Gasteiger partial charge in [0.25, 0.3) is 0 Å². The van der Waals surface area contributed by atoms with Crippen LogP contribution >= 0.6 is 0 Å². The van der Waals surface area contributed by atoms with Crippen molar-refractivity contribution >= 4 is 50.3 Å².